The number of carboxylic acids is 1. The molecule has 1 aliphatic carbocycles. The standard InChI is InChI=1S/C12H14N2O5/c15-9-4-7(5-10(16)14-9)11(17)13-8-2-1-6(3-8)12(18)19/h4-6,8H,1-3H2,(H,13,17)(H,18,19)(H2,14,15,16). The lowest BCUT2D eigenvalue weighted by molar-refractivity contribution is -0.141. The Morgan fingerprint density at radius 2 is 2.05 bits per heavy atom. The van der Waals surface area contributed by atoms with E-state index in [2.05, 4.69) is 10.3 Å². The number of aromatic nitrogens is 1. The van der Waals surface area contributed by atoms with Crippen LogP contribution in [-0.4, -0.2) is 33.1 Å². The van der Waals surface area contributed by atoms with Gasteiger partial charge in [0.2, 0.25) is 0 Å². The van der Waals surface area contributed by atoms with Crippen LogP contribution in [0.15, 0.2) is 16.9 Å². The number of aliphatic carboxylic acids is 1. The summed E-state index contributed by atoms with van der Waals surface area (Å²) in [5.41, 5.74) is -0.514. The van der Waals surface area contributed by atoms with Gasteiger partial charge < -0.3 is 15.5 Å². The molecule has 0 aliphatic heterocycles. The minimum absolute atomic E-state index is 0.0556. The van der Waals surface area contributed by atoms with Gasteiger partial charge >= 0.3 is 5.97 Å². The Kier molecular flexibility index (Phi) is 3.55. The van der Waals surface area contributed by atoms with Crippen LogP contribution in [0.3, 0.4) is 0 Å². The molecule has 2 rings (SSSR count). The van der Waals surface area contributed by atoms with E-state index in [0.717, 1.165) is 12.1 Å². The molecule has 7 heteroatoms. The van der Waals surface area contributed by atoms with Gasteiger partial charge in [0.15, 0.2) is 5.88 Å². The van der Waals surface area contributed by atoms with Gasteiger partial charge in [0, 0.05) is 18.2 Å². The maximum atomic E-state index is 11.9. The van der Waals surface area contributed by atoms with Crippen LogP contribution in [0.1, 0.15) is 29.6 Å². The first-order valence-electron chi connectivity index (χ1n) is 5.92. The van der Waals surface area contributed by atoms with Gasteiger partial charge in [-0.25, -0.2) is 0 Å². The summed E-state index contributed by atoms with van der Waals surface area (Å²) in [6.45, 7) is 0. The van der Waals surface area contributed by atoms with Crippen LogP contribution in [-0.2, 0) is 4.79 Å². The third-order valence-corrected chi connectivity index (χ3v) is 3.21. The average Bonchev–Trinajstić information content (AvgIpc) is 2.76. The summed E-state index contributed by atoms with van der Waals surface area (Å²) in [4.78, 5) is 35.9. The fourth-order valence-electron chi connectivity index (χ4n) is 2.27. The number of carboxylic acid groups (broad SMARTS) is 1. The van der Waals surface area contributed by atoms with E-state index >= 15 is 0 Å². The van der Waals surface area contributed by atoms with Gasteiger partial charge in [-0.1, -0.05) is 0 Å². The molecule has 1 aromatic heterocycles. The van der Waals surface area contributed by atoms with Crippen LogP contribution >= 0.6 is 0 Å². The lowest BCUT2D eigenvalue weighted by Crippen LogP contribution is -2.33. The Balaban J connectivity index is 2.02. The molecule has 1 saturated carbocycles. The average molecular weight is 266 g/mol. The van der Waals surface area contributed by atoms with Crippen LogP contribution in [0.25, 0.3) is 0 Å². The Labute approximate surface area is 108 Å². The van der Waals surface area contributed by atoms with Crippen molar-refractivity contribution < 1.29 is 19.8 Å². The molecule has 0 bridgehead atoms. The Morgan fingerprint density at radius 3 is 2.63 bits per heavy atom. The molecule has 4 N–H and O–H groups in total. The number of hydrogen-bond acceptors (Lipinski definition) is 4. The first-order valence-corrected chi connectivity index (χ1v) is 5.92. The van der Waals surface area contributed by atoms with Gasteiger partial charge in [-0.2, -0.15) is 0 Å². The van der Waals surface area contributed by atoms with Crippen molar-refractivity contribution in [3.8, 4) is 5.88 Å². The smallest absolute Gasteiger partial charge is 0.306 e. The molecular weight excluding hydrogens is 252 g/mol. The highest BCUT2D eigenvalue weighted by atomic mass is 16.4. The van der Waals surface area contributed by atoms with Crippen LogP contribution in [0, 0.1) is 5.92 Å². The van der Waals surface area contributed by atoms with E-state index in [1.807, 2.05) is 0 Å². The molecule has 1 fully saturated rings. The van der Waals surface area contributed by atoms with E-state index < -0.39 is 23.4 Å². The molecule has 0 spiro atoms. The van der Waals surface area contributed by atoms with Crippen LogP contribution in [0.4, 0.5) is 0 Å². The van der Waals surface area contributed by atoms with E-state index in [1.165, 1.54) is 0 Å². The Morgan fingerprint density at radius 1 is 1.32 bits per heavy atom. The summed E-state index contributed by atoms with van der Waals surface area (Å²) >= 11 is 0. The highest BCUT2D eigenvalue weighted by Crippen LogP contribution is 2.25. The van der Waals surface area contributed by atoms with Crippen LogP contribution in [0.2, 0.25) is 0 Å². The lowest BCUT2D eigenvalue weighted by atomic mass is 10.1. The second kappa shape index (κ2) is 5.13. The summed E-state index contributed by atoms with van der Waals surface area (Å²) in [6, 6.07) is 2.02. The molecule has 1 amide bonds. The van der Waals surface area contributed by atoms with Gasteiger partial charge in [-0.3, -0.25) is 19.4 Å². The van der Waals surface area contributed by atoms with Crippen molar-refractivity contribution in [2.45, 2.75) is 25.3 Å². The van der Waals surface area contributed by atoms with E-state index in [4.69, 9.17) is 5.11 Å². The summed E-state index contributed by atoms with van der Waals surface area (Å²) < 4.78 is 0. The molecule has 2 unspecified atom stereocenters. The molecule has 19 heavy (non-hydrogen) atoms. The Bertz CT molecular complexity index is 565. The fraction of sp³-hybridized carbons (Fsp3) is 0.417. The second-order valence-corrected chi connectivity index (χ2v) is 4.64. The number of carbonyl (C=O) groups excluding carboxylic acids is 1. The van der Waals surface area contributed by atoms with Crippen molar-refractivity contribution in [1.29, 1.82) is 0 Å². The number of rotatable bonds is 3. The normalized spacial score (nSPS) is 22.1. The highest BCUT2D eigenvalue weighted by Gasteiger charge is 2.30. The van der Waals surface area contributed by atoms with E-state index in [0.29, 0.717) is 19.3 Å². The SMILES string of the molecule is O=C(NC1CCC(C(=O)O)C1)c1cc(O)[nH]c(=O)c1. The third kappa shape index (κ3) is 3.12. The number of H-pyrrole nitrogens is 1. The van der Waals surface area contributed by atoms with Crippen LogP contribution in [0.5, 0.6) is 5.88 Å². The summed E-state index contributed by atoms with van der Waals surface area (Å²) in [6.07, 6.45) is 1.51. The molecule has 0 radical (unpaired) electrons. The molecule has 102 valence electrons. The Hall–Kier alpha value is -2.31. The highest BCUT2D eigenvalue weighted by molar-refractivity contribution is 5.94. The van der Waals surface area contributed by atoms with Crippen molar-refractivity contribution in [2.75, 3.05) is 0 Å². The first kappa shape index (κ1) is 13.1. The van der Waals surface area contributed by atoms with Crippen molar-refractivity contribution in [2.24, 2.45) is 5.92 Å². The topological polar surface area (TPSA) is 119 Å². The number of aromatic amines is 1. The van der Waals surface area contributed by atoms with E-state index in [1.54, 1.807) is 0 Å². The predicted molar refractivity (Wildman–Crippen MR) is 65.0 cm³/mol. The molecule has 7 nitrogen and oxygen atoms in total. The molecule has 1 aliphatic rings. The maximum Gasteiger partial charge on any atom is 0.306 e. The number of aromatic hydroxyl groups is 1. The largest absolute Gasteiger partial charge is 0.494 e. The van der Waals surface area contributed by atoms with Crippen LogP contribution < -0.4 is 10.9 Å². The molecule has 1 aromatic rings. The fourth-order valence-corrected chi connectivity index (χ4v) is 2.27. The summed E-state index contributed by atoms with van der Waals surface area (Å²) in [7, 11) is 0. The zero-order chi connectivity index (χ0) is 14.0. The van der Waals surface area contributed by atoms with E-state index in [9.17, 15) is 19.5 Å². The number of pyridine rings is 1. The maximum absolute atomic E-state index is 11.9. The monoisotopic (exact) mass is 266 g/mol. The summed E-state index contributed by atoms with van der Waals surface area (Å²) in [5, 5.41) is 20.7. The van der Waals surface area contributed by atoms with Crippen molar-refractivity contribution >= 4 is 11.9 Å². The molecule has 2 atom stereocenters. The van der Waals surface area contributed by atoms with Crippen molar-refractivity contribution in [1.82, 2.24) is 10.3 Å². The molecule has 0 saturated heterocycles. The molecule has 0 aromatic carbocycles. The van der Waals surface area contributed by atoms with Gasteiger partial charge in [0.25, 0.3) is 11.5 Å². The zero-order valence-electron chi connectivity index (χ0n) is 10.0. The van der Waals surface area contributed by atoms with Crippen molar-refractivity contribution in [3.63, 3.8) is 0 Å². The zero-order valence-corrected chi connectivity index (χ0v) is 10.0. The predicted octanol–water partition coefficient (Wildman–Crippen LogP) is 0.0636. The first-order chi connectivity index (χ1) is 8.95. The number of amides is 1. The lowest BCUT2D eigenvalue weighted by Gasteiger charge is -2.12. The third-order valence-electron chi connectivity index (χ3n) is 3.21. The van der Waals surface area contributed by atoms with E-state index in [-0.39, 0.29) is 17.5 Å². The van der Waals surface area contributed by atoms with Crippen molar-refractivity contribution in [3.05, 3.63) is 28.0 Å². The number of nitrogens with one attached hydrogen (secondary N) is 2. The minimum atomic E-state index is -0.856. The minimum Gasteiger partial charge on any atom is -0.494 e. The number of hydrogen-bond donors (Lipinski definition) is 4. The van der Waals surface area contributed by atoms with Gasteiger partial charge in [-0.05, 0) is 19.3 Å². The van der Waals surface area contributed by atoms with Gasteiger partial charge in [0.1, 0.15) is 0 Å². The van der Waals surface area contributed by atoms with Gasteiger partial charge in [0.05, 0.1) is 11.5 Å². The second-order valence-electron chi connectivity index (χ2n) is 4.64. The molecular formula is C12H14N2O5. The molecule has 1 heterocycles. The summed E-state index contributed by atoms with van der Waals surface area (Å²) in [5.74, 6) is -2.16. The number of carbonyl (C=O) groups is 2. The quantitative estimate of drug-likeness (QED) is 0.617. The van der Waals surface area contributed by atoms with Gasteiger partial charge in [-0.15, -0.1) is 0 Å².